The van der Waals surface area contributed by atoms with Crippen LogP contribution in [0.4, 0.5) is 23.2 Å². The number of benzene rings is 1. The zero-order valence-corrected chi connectivity index (χ0v) is 15.7. The number of halogens is 4. The summed E-state index contributed by atoms with van der Waals surface area (Å²) in [5.74, 6) is -0.944. The van der Waals surface area contributed by atoms with Crippen LogP contribution in [-0.4, -0.2) is 38.7 Å². The largest absolute Gasteiger partial charge is 0.461 e. The Labute approximate surface area is 155 Å². The maximum atomic E-state index is 12.9. The summed E-state index contributed by atoms with van der Waals surface area (Å²) in [7, 11) is -3.35. The van der Waals surface area contributed by atoms with Gasteiger partial charge < -0.3 is 10.1 Å². The molecule has 27 heavy (non-hydrogen) atoms. The van der Waals surface area contributed by atoms with Gasteiger partial charge in [0.25, 0.3) is 0 Å². The van der Waals surface area contributed by atoms with Crippen molar-refractivity contribution < 1.29 is 35.5 Å². The van der Waals surface area contributed by atoms with Crippen LogP contribution in [0.2, 0.25) is 0 Å². The van der Waals surface area contributed by atoms with E-state index in [2.05, 4.69) is 14.8 Å². The second-order valence-electron chi connectivity index (χ2n) is 5.99. The maximum Gasteiger partial charge on any atom is 0.461 e. The minimum absolute atomic E-state index is 0.0711. The first-order valence-corrected chi connectivity index (χ1v) is 9.72. The lowest BCUT2D eigenvalue weighted by Crippen LogP contribution is -2.33. The molecule has 154 valence electrons. The van der Waals surface area contributed by atoms with Gasteiger partial charge in [-0.1, -0.05) is 6.07 Å². The fraction of sp³-hybridized carbons (Fsp3) is 0.562. The summed E-state index contributed by atoms with van der Waals surface area (Å²) in [4.78, 5) is 11.8. The summed E-state index contributed by atoms with van der Waals surface area (Å²) in [6.07, 6.45) is -7.72. The van der Waals surface area contributed by atoms with Crippen molar-refractivity contribution in [3.63, 3.8) is 0 Å². The van der Waals surface area contributed by atoms with Crippen LogP contribution in [-0.2, 0) is 14.8 Å². The van der Waals surface area contributed by atoms with Gasteiger partial charge in [0.05, 0.1) is 5.25 Å². The third-order valence-corrected chi connectivity index (χ3v) is 5.23. The van der Waals surface area contributed by atoms with Gasteiger partial charge in [0.15, 0.2) is 0 Å². The number of alkyl halides is 4. The molecule has 0 aliphatic rings. The molecule has 0 aliphatic carbocycles. The first-order chi connectivity index (χ1) is 12.4. The second-order valence-corrected chi connectivity index (χ2v) is 8.31. The summed E-state index contributed by atoms with van der Waals surface area (Å²) in [6.45, 7) is 3.29. The number of nitrogens with one attached hydrogen (secondary N) is 2. The molecule has 0 heterocycles. The van der Waals surface area contributed by atoms with E-state index < -0.39 is 39.5 Å². The number of carbonyl (C=O) groups excluding carboxylic acids is 1. The molecule has 1 aromatic carbocycles. The molecule has 1 amide bonds. The van der Waals surface area contributed by atoms with Gasteiger partial charge in [-0.15, -0.1) is 0 Å². The molecule has 0 atom stereocenters. The van der Waals surface area contributed by atoms with E-state index in [0.29, 0.717) is 12.8 Å². The summed E-state index contributed by atoms with van der Waals surface area (Å²) in [5, 5.41) is 1.88. The van der Waals surface area contributed by atoms with Crippen molar-refractivity contribution in [2.24, 2.45) is 0 Å². The van der Waals surface area contributed by atoms with Gasteiger partial charge in [-0.25, -0.2) is 13.1 Å². The van der Waals surface area contributed by atoms with E-state index in [1.54, 1.807) is 13.8 Å². The van der Waals surface area contributed by atoms with Crippen molar-refractivity contribution in [1.29, 1.82) is 0 Å². The normalized spacial score (nSPS) is 12.4. The lowest BCUT2D eigenvalue weighted by molar-refractivity contribution is -0.253. The van der Waals surface area contributed by atoms with Crippen molar-refractivity contribution in [2.75, 3.05) is 11.9 Å². The van der Waals surface area contributed by atoms with E-state index in [1.165, 1.54) is 12.1 Å². The summed E-state index contributed by atoms with van der Waals surface area (Å²) in [5.41, 5.74) is 0.114. The Balaban J connectivity index is 2.44. The fourth-order valence-corrected chi connectivity index (χ4v) is 2.62. The van der Waals surface area contributed by atoms with Crippen LogP contribution in [0.15, 0.2) is 24.3 Å². The van der Waals surface area contributed by atoms with Gasteiger partial charge in [0.1, 0.15) is 5.75 Å². The molecule has 0 aromatic heterocycles. The summed E-state index contributed by atoms with van der Waals surface area (Å²) in [6, 6.07) is 4.73. The molecule has 0 saturated heterocycles. The van der Waals surface area contributed by atoms with Crippen LogP contribution in [0, 0.1) is 0 Å². The molecule has 0 spiro atoms. The second kappa shape index (κ2) is 9.88. The Morgan fingerprint density at radius 1 is 1.22 bits per heavy atom. The molecule has 0 saturated carbocycles. The molecule has 2 N–H and O–H groups in total. The fourth-order valence-electron chi connectivity index (χ4n) is 1.85. The molecule has 0 radical (unpaired) electrons. The van der Waals surface area contributed by atoms with Crippen molar-refractivity contribution in [3.8, 4) is 5.75 Å². The molecule has 1 rings (SSSR count). The van der Waals surface area contributed by atoms with Crippen LogP contribution >= 0.6 is 0 Å². The molecule has 0 unspecified atom stereocenters. The van der Waals surface area contributed by atoms with Crippen LogP contribution in [0.1, 0.15) is 33.1 Å². The number of rotatable bonds is 11. The highest BCUT2D eigenvalue weighted by Gasteiger charge is 2.43. The molecule has 1 aromatic rings. The van der Waals surface area contributed by atoms with E-state index in [-0.39, 0.29) is 18.7 Å². The zero-order chi connectivity index (χ0) is 20.7. The lowest BCUT2D eigenvalue weighted by atomic mass is 10.2. The van der Waals surface area contributed by atoms with Gasteiger partial charge >= 0.3 is 12.5 Å². The zero-order valence-electron chi connectivity index (χ0n) is 14.8. The van der Waals surface area contributed by atoms with E-state index in [0.717, 1.165) is 12.1 Å². The number of sulfonamides is 1. The highest BCUT2D eigenvalue weighted by atomic mass is 32.2. The number of hydrogen-bond donors (Lipinski definition) is 2. The van der Waals surface area contributed by atoms with Gasteiger partial charge in [0.2, 0.25) is 15.9 Å². The molecule has 0 fully saturated rings. The smallest absolute Gasteiger partial charge is 0.428 e. The number of anilines is 1. The molecule has 0 bridgehead atoms. The summed E-state index contributed by atoms with van der Waals surface area (Å²) < 4.78 is 79.5. The van der Waals surface area contributed by atoms with E-state index >= 15 is 0 Å². The minimum atomic E-state index is -4.63. The third kappa shape index (κ3) is 8.12. The molecular formula is C16H22F4N2O4S. The monoisotopic (exact) mass is 414 g/mol. The SMILES string of the molecule is CC(C)S(=O)(=O)NCCCCC(=O)Nc1cccc(OC(F)(F)C(F)F)c1. The van der Waals surface area contributed by atoms with Gasteiger partial charge in [0, 0.05) is 24.7 Å². The van der Waals surface area contributed by atoms with Crippen LogP contribution in [0.3, 0.4) is 0 Å². The Bertz CT molecular complexity index is 727. The van der Waals surface area contributed by atoms with Gasteiger partial charge in [-0.3, -0.25) is 4.79 Å². The average Bonchev–Trinajstić information content (AvgIpc) is 2.54. The van der Waals surface area contributed by atoms with Crippen molar-refractivity contribution >= 4 is 21.6 Å². The Kier molecular flexibility index (Phi) is 8.48. The predicted octanol–water partition coefficient (Wildman–Crippen LogP) is 3.36. The maximum absolute atomic E-state index is 12.9. The number of ether oxygens (including phenoxy) is 1. The highest BCUT2D eigenvalue weighted by molar-refractivity contribution is 7.90. The van der Waals surface area contributed by atoms with E-state index in [9.17, 15) is 30.8 Å². The van der Waals surface area contributed by atoms with E-state index in [1.807, 2.05) is 0 Å². The lowest BCUT2D eigenvalue weighted by Gasteiger charge is -2.17. The van der Waals surface area contributed by atoms with Crippen molar-refractivity contribution in [3.05, 3.63) is 24.3 Å². The van der Waals surface area contributed by atoms with Crippen molar-refractivity contribution in [2.45, 2.75) is 50.9 Å². The molecule has 11 heteroatoms. The number of unbranched alkanes of at least 4 members (excludes halogenated alkanes) is 1. The quantitative estimate of drug-likeness (QED) is 0.430. The topological polar surface area (TPSA) is 84.5 Å². The molecule has 6 nitrogen and oxygen atoms in total. The highest BCUT2D eigenvalue weighted by Crippen LogP contribution is 2.28. The van der Waals surface area contributed by atoms with E-state index in [4.69, 9.17) is 0 Å². The summed E-state index contributed by atoms with van der Waals surface area (Å²) >= 11 is 0. The first-order valence-electron chi connectivity index (χ1n) is 8.17. The molecule has 0 aliphatic heterocycles. The Morgan fingerprint density at radius 2 is 1.89 bits per heavy atom. The first kappa shape index (κ1) is 23.2. The van der Waals surface area contributed by atoms with Crippen LogP contribution in [0.25, 0.3) is 0 Å². The third-order valence-electron chi connectivity index (χ3n) is 3.38. The Hall–Kier alpha value is -1.88. The number of hydrogen-bond acceptors (Lipinski definition) is 4. The van der Waals surface area contributed by atoms with Gasteiger partial charge in [-0.2, -0.15) is 17.6 Å². The number of carbonyl (C=O) groups is 1. The molecular weight excluding hydrogens is 392 g/mol. The minimum Gasteiger partial charge on any atom is -0.428 e. The average molecular weight is 414 g/mol. The van der Waals surface area contributed by atoms with Gasteiger partial charge in [-0.05, 0) is 38.8 Å². The van der Waals surface area contributed by atoms with Crippen LogP contribution < -0.4 is 14.8 Å². The predicted molar refractivity (Wildman–Crippen MR) is 92.6 cm³/mol. The Morgan fingerprint density at radius 3 is 2.48 bits per heavy atom. The number of amides is 1. The standard InChI is InChI=1S/C16H22F4N2O4S/c1-11(2)27(24,25)21-9-4-3-8-14(23)22-12-6-5-7-13(10-12)26-16(19,20)15(17)18/h5-7,10-11,15,21H,3-4,8-9H2,1-2H3,(H,22,23). The van der Waals surface area contributed by atoms with Crippen LogP contribution in [0.5, 0.6) is 5.75 Å². The van der Waals surface area contributed by atoms with Crippen molar-refractivity contribution in [1.82, 2.24) is 4.72 Å².